The zero-order valence-electron chi connectivity index (χ0n) is 11.5. The maximum atomic E-state index is 12.3. The van der Waals surface area contributed by atoms with E-state index in [0.29, 0.717) is 13.2 Å². The molecule has 112 valence electrons. The number of amides is 1. The molecular weight excluding hydrogens is 282 g/mol. The molecule has 0 radical (unpaired) electrons. The molecule has 1 aromatic rings. The summed E-state index contributed by atoms with van der Waals surface area (Å²) in [7, 11) is -2.21. The second-order valence-electron chi connectivity index (χ2n) is 5.39. The molecule has 0 saturated carbocycles. The number of carbonyl (C=O) groups is 1. The molecule has 1 unspecified atom stereocenters. The van der Waals surface area contributed by atoms with Crippen molar-refractivity contribution < 1.29 is 17.9 Å². The van der Waals surface area contributed by atoms with Gasteiger partial charge in [0, 0.05) is 19.9 Å². The van der Waals surface area contributed by atoms with Gasteiger partial charge in [-0.05, 0) is 25.8 Å². The van der Waals surface area contributed by atoms with Crippen LogP contribution in [0.2, 0.25) is 0 Å². The smallest absolute Gasteiger partial charge is 0.268 e. The number of hydrogen-bond donors (Lipinski definition) is 2. The highest BCUT2D eigenvalue weighted by atomic mass is 32.2. The van der Waals surface area contributed by atoms with E-state index in [1.165, 1.54) is 16.8 Å². The topological polar surface area (TPSA) is 103 Å². The molecule has 7 nitrogen and oxygen atoms in total. The molecule has 1 fully saturated rings. The van der Waals surface area contributed by atoms with Gasteiger partial charge in [-0.2, -0.15) is 0 Å². The van der Waals surface area contributed by atoms with E-state index in [1.54, 1.807) is 7.05 Å². The number of nitrogens with zero attached hydrogens (tertiary/aromatic N) is 1. The van der Waals surface area contributed by atoms with Gasteiger partial charge in [-0.15, -0.1) is 0 Å². The zero-order valence-corrected chi connectivity index (χ0v) is 12.4. The third-order valence-corrected chi connectivity index (χ3v) is 4.27. The van der Waals surface area contributed by atoms with E-state index in [9.17, 15) is 13.2 Å². The Kier molecular flexibility index (Phi) is 3.90. The van der Waals surface area contributed by atoms with Gasteiger partial charge in [0.05, 0.1) is 12.1 Å². The molecule has 1 amide bonds. The fourth-order valence-corrected chi connectivity index (χ4v) is 2.87. The third kappa shape index (κ3) is 3.20. The maximum Gasteiger partial charge on any atom is 0.268 e. The molecule has 0 bridgehead atoms. The van der Waals surface area contributed by atoms with E-state index >= 15 is 0 Å². The van der Waals surface area contributed by atoms with Crippen LogP contribution >= 0.6 is 0 Å². The number of aryl methyl sites for hydroxylation is 1. The van der Waals surface area contributed by atoms with E-state index < -0.39 is 15.6 Å². The predicted molar refractivity (Wildman–Crippen MR) is 72.7 cm³/mol. The van der Waals surface area contributed by atoms with Gasteiger partial charge in [0.25, 0.3) is 5.91 Å². The van der Waals surface area contributed by atoms with Crippen LogP contribution in [0.3, 0.4) is 0 Å². The van der Waals surface area contributed by atoms with Crippen molar-refractivity contribution in [3.8, 4) is 0 Å². The molecule has 2 rings (SSSR count). The number of ether oxygens (including phenoxy) is 1. The van der Waals surface area contributed by atoms with Crippen molar-refractivity contribution >= 4 is 15.9 Å². The highest BCUT2D eigenvalue weighted by Crippen LogP contribution is 2.20. The SMILES string of the molecule is Cn1cc(S(N)(=O)=O)cc1C(=O)NC1(C)CCCOC1. The van der Waals surface area contributed by atoms with Crippen LogP contribution in [-0.4, -0.2) is 37.6 Å². The molecule has 2 heterocycles. The molecule has 1 saturated heterocycles. The first-order chi connectivity index (χ1) is 9.21. The fourth-order valence-electron chi connectivity index (χ4n) is 2.29. The first-order valence-electron chi connectivity index (χ1n) is 6.31. The van der Waals surface area contributed by atoms with Gasteiger partial charge in [0.2, 0.25) is 10.0 Å². The predicted octanol–water partition coefficient (Wildman–Crippen LogP) is -0.0286. The van der Waals surface area contributed by atoms with E-state index in [1.807, 2.05) is 6.92 Å². The molecular formula is C12H19N3O4S. The van der Waals surface area contributed by atoms with Crippen LogP contribution in [0.1, 0.15) is 30.3 Å². The van der Waals surface area contributed by atoms with E-state index in [0.717, 1.165) is 12.8 Å². The first kappa shape index (κ1) is 15.0. The van der Waals surface area contributed by atoms with Crippen molar-refractivity contribution in [1.29, 1.82) is 0 Å². The minimum absolute atomic E-state index is 0.0739. The Morgan fingerprint density at radius 1 is 1.55 bits per heavy atom. The number of carbonyl (C=O) groups excluding carboxylic acids is 1. The molecule has 0 aliphatic carbocycles. The van der Waals surface area contributed by atoms with E-state index in [-0.39, 0.29) is 16.5 Å². The molecule has 1 atom stereocenters. The quantitative estimate of drug-likeness (QED) is 0.818. The Morgan fingerprint density at radius 2 is 2.25 bits per heavy atom. The lowest BCUT2D eigenvalue weighted by Crippen LogP contribution is -2.51. The Hall–Kier alpha value is -1.38. The van der Waals surface area contributed by atoms with Gasteiger partial charge < -0.3 is 14.6 Å². The van der Waals surface area contributed by atoms with Crippen LogP contribution in [0, 0.1) is 0 Å². The minimum Gasteiger partial charge on any atom is -0.379 e. The average Bonchev–Trinajstić information content (AvgIpc) is 2.71. The normalized spacial score (nSPS) is 23.6. The lowest BCUT2D eigenvalue weighted by molar-refractivity contribution is 0.0270. The zero-order chi connectivity index (χ0) is 15.0. The monoisotopic (exact) mass is 301 g/mol. The van der Waals surface area contributed by atoms with Crippen LogP contribution < -0.4 is 10.5 Å². The Balaban J connectivity index is 2.19. The summed E-state index contributed by atoms with van der Waals surface area (Å²) in [6.45, 7) is 3.06. The van der Waals surface area contributed by atoms with Gasteiger partial charge in [0.15, 0.2) is 0 Å². The lowest BCUT2D eigenvalue weighted by Gasteiger charge is -2.34. The van der Waals surface area contributed by atoms with Gasteiger partial charge >= 0.3 is 0 Å². The lowest BCUT2D eigenvalue weighted by atomic mass is 9.95. The number of primary sulfonamides is 1. The summed E-state index contributed by atoms with van der Waals surface area (Å²) in [4.78, 5) is 12.2. The fraction of sp³-hybridized carbons (Fsp3) is 0.583. The van der Waals surface area contributed by atoms with Crippen molar-refractivity contribution in [1.82, 2.24) is 9.88 Å². The standard InChI is InChI=1S/C12H19N3O4S/c1-12(4-3-5-19-8-12)14-11(16)10-6-9(7-15(10)2)20(13,17)18/h6-7H,3-5,8H2,1-2H3,(H,14,16)(H2,13,17,18). The van der Waals surface area contributed by atoms with Crippen molar-refractivity contribution in [3.05, 3.63) is 18.0 Å². The molecule has 1 aromatic heterocycles. The number of aromatic nitrogens is 1. The maximum absolute atomic E-state index is 12.3. The van der Waals surface area contributed by atoms with Crippen molar-refractivity contribution in [2.45, 2.75) is 30.2 Å². The number of sulfonamides is 1. The summed E-state index contributed by atoms with van der Waals surface area (Å²) < 4.78 is 29.4. The summed E-state index contributed by atoms with van der Waals surface area (Å²) in [6.07, 6.45) is 3.03. The summed E-state index contributed by atoms with van der Waals surface area (Å²) in [5, 5.41) is 7.95. The van der Waals surface area contributed by atoms with Gasteiger partial charge in [-0.3, -0.25) is 4.79 Å². The highest BCUT2D eigenvalue weighted by Gasteiger charge is 2.30. The van der Waals surface area contributed by atoms with Crippen LogP contribution in [-0.2, 0) is 21.8 Å². The summed E-state index contributed by atoms with van der Waals surface area (Å²) in [5.74, 6) is -0.338. The molecule has 1 aliphatic rings. The number of nitrogens with one attached hydrogen (secondary N) is 1. The van der Waals surface area contributed by atoms with E-state index in [4.69, 9.17) is 9.88 Å². The second kappa shape index (κ2) is 5.19. The molecule has 0 aromatic carbocycles. The Labute approximate surface area is 118 Å². The largest absolute Gasteiger partial charge is 0.379 e. The summed E-state index contributed by atoms with van der Waals surface area (Å²) in [5.41, 5.74) is -0.178. The summed E-state index contributed by atoms with van der Waals surface area (Å²) in [6, 6.07) is 1.28. The molecule has 20 heavy (non-hydrogen) atoms. The van der Waals surface area contributed by atoms with Crippen molar-refractivity contribution in [2.75, 3.05) is 13.2 Å². The Morgan fingerprint density at radius 3 is 2.75 bits per heavy atom. The van der Waals surface area contributed by atoms with Gasteiger partial charge in [-0.25, -0.2) is 13.6 Å². The van der Waals surface area contributed by atoms with Gasteiger partial charge in [-0.1, -0.05) is 0 Å². The molecule has 3 N–H and O–H groups in total. The Bertz CT molecular complexity index is 615. The van der Waals surface area contributed by atoms with E-state index in [2.05, 4.69) is 5.32 Å². The summed E-state index contributed by atoms with van der Waals surface area (Å²) >= 11 is 0. The highest BCUT2D eigenvalue weighted by molar-refractivity contribution is 7.89. The van der Waals surface area contributed by atoms with Crippen LogP contribution in [0.5, 0.6) is 0 Å². The minimum atomic E-state index is -3.81. The molecule has 8 heteroatoms. The van der Waals surface area contributed by atoms with Crippen LogP contribution in [0.4, 0.5) is 0 Å². The number of rotatable bonds is 3. The second-order valence-corrected chi connectivity index (χ2v) is 6.95. The van der Waals surface area contributed by atoms with Crippen molar-refractivity contribution in [2.24, 2.45) is 12.2 Å². The molecule has 0 spiro atoms. The van der Waals surface area contributed by atoms with Crippen LogP contribution in [0.25, 0.3) is 0 Å². The first-order valence-corrected chi connectivity index (χ1v) is 7.85. The average molecular weight is 301 g/mol. The van der Waals surface area contributed by atoms with Crippen molar-refractivity contribution in [3.63, 3.8) is 0 Å². The van der Waals surface area contributed by atoms with Crippen LogP contribution in [0.15, 0.2) is 17.2 Å². The van der Waals surface area contributed by atoms with Gasteiger partial charge in [0.1, 0.15) is 10.6 Å². The third-order valence-electron chi connectivity index (χ3n) is 3.39. The number of hydrogen-bond acceptors (Lipinski definition) is 4. The number of nitrogens with two attached hydrogens (primary N) is 1. The molecule has 1 aliphatic heterocycles.